The van der Waals surface area contributed by atoms with Crippen molar-refractivity contribution in [2.75, 3.05) is 13.2 Å². The monoisotopic (exact) mass is 441 g/mol. The van der Waals surface area contributed by atoms with Crippen LogP contribution in [0.15, 0.2) is 65.2 Å². The highest BCUT2D eigenvalue weighted by Crippen LogP contribution is 2.17. The fraction of sp³-hybridized carbons (Fsp3) is 0.158. The second kappa shape index (κ2) is 9.36. The molecule has 2 aromatic carbocycles. The Hall–Kier alpha value is -2.61. The Bertz CT molecular complexity index is 816. The van der Waals surface area contributed by atoms with Crippen molar-refractivity contribution in [3.8, 4) is 5.75 Å². The average molecular weight is 442 g/mol. The summed E-state index contributed by atoms with van der Waals surface area (Å²) in [5, 5.41) is 1.71. The molecule has 0 saturated carbocycles. The van der Waals surface area contributed by atoms with Crippen molar-refractivity contribution in [1.82, 2.24) is 5.32 Å². The first-order chi connectivity index (χ1) is 12.8. The Balaban J connectivity index is 1.80. The Kier molecular flexibility index (Phi) is 7.18. The van der Waals surface area contributed by atoms with Gasteiger partial charge in [-0.1, -0.05) is 22.0 Å². The molecule has 0 fully saturated rings. The first-order valence-electron chi connectivity index (χ1n) is 7.80. The molecule has 0 aromatic heterocycles. The fourth-order valence-corrected chi connectivity index (χ4v) is 2.28. The molecule has 2 rings (SSSR count). The van der Waals surface area contributed by atoms with Gasteiger partial charge in [0, 0.05) is 22.1 Å². The van der Waals surface area contributed by atoms with Crippen LogP contribution in [0.4, 0.5) is 13.2 Å². The number of amides is 1. The largest absolute Gasteiger partial charge is 0.490 e. The van der Waals surface area contributed by atoms with Crippen LogP contribution in [0.3, 0.4) is 0 Å². The van der Waals surface area contributed by atoms with Gasteiger partial charge in [-0.2, -0.15) is 13.2 Å². The zero-order chi connectivity index (χ0) is 19.9. The molecule has 0 aliphatic rings. The molecule has 4 nitrogen and oxygen atoms in total. The summed E-state index contributed by atoms with van der Waals surface area (Å²) in [7, 11) is 0. The van der Waals surface area contributed by atoms with Gasteiger partial charge in [0.25, 0.3) is 0 Å². The summed E-state index contributed by atoms with van der Waals surface area (Å²) >= 11 is 3.31. The molecule has 0 radical (unpaired) electrons. The van der Waals surface area contributed by atoms with E-state index in [1.54, 1.807) is 53.8 Å². The molecule has 0 bridgehead atoms. The van der Waals surface area contributed by atoms with Gasteiger partial charge in [-0.05, 0) is 54.6 Å². The maximum absolute atomic E-state index is 12.3. The molecule has 0 spiro atoms. The van der Waals surface area contributed by atoms with Crippen molar-refractivity contribution in [3.05, 3.63) is 76.3 Å². The fourth-order valence-electron chi connectivity index (χ4n) is 2.02. The van der Waals surface area contributed by atoms with Gasteiger partial charge in [-0.25, -0.2) is 0 Å². The lowest BCUT2D eigenvalue weighted by Crippen LogP contribution is -2.36. The van der Waals surface area contributed by atoms with Gasteiger partial charge in [0.15, 0.2) is 5.78 Å². The Morgan fingerprint density at radius 2 is 1.52 bits per heavy atom. The standard InChI is InChI=1S/C19H15BrF3NO3/c20-15-7-3-13(4-8-15)17(25)14-5-9-16(10-6-14)27-12-2-1-11-24-18(26)19(21,22)23/h1-10H,11-12H2,(H,24,26). The third kappa shape index (κ3) is 6.56. The van der Waals surface area contributed by atoms with E-state index in [4.69, 9.17) is 4.74 Å². The molecular formula is C19H15BrF3NO3. The van der Waals surface area contributed by atoms with Gasteiger partial charge in [-0.3, -0.25) is 9.59 Å². The second-order valence-electron chi connectivity index (χ2n) is 5.35. The van der Waals surface area contributed by atoms with Crippen molar-refractivity contribution in [1.29, 1.82) is 0 Å². The predicted molar refractivity (Wildman–Crippen MR) is 97.7 cm³/mol. The molecule has 1 amide bonds. The number of alkyl halides is 3. The van der Waals surface area contributed by atoms with Crippen molar-refractivity contribution in [2.24, 2.45) is 0 Å². The lowest BCUT2D eigenvalue weighted by atomic mass is 10.0. The van der Waals surface area contributed by atoms with E-state index in [-0.39, 0.29) is 18.9 Å². The second-order valence-corrected chi connectivity index (χ2v) is 6.27. The van der Waals surface area contributed by atoms with Crippen LogP contribution in [0.1, 0.15) is 15.9 Å². The number of benzene rings is 2. The molecule has 0 unspecified atom stereocenters. The minimum atomic E-state index is -4.89. The summed E-state index contributed by atoms with van der Waals surface area (Å²) in [5.74, 6) is -1.60. The highest BCUT2D eigenvalue weighted by molar-refractivity contribution is 9.10. The predicted octanol–water partition coefficient (Wildman–Crippen LogP) is 4.29. The molecule has 0 heterocycles. The molecule has 8 heteroatoms. The van der Waals surface area contributed by atoms with Crippen LogP contribution >= 0.6 is 15.9 Å². The third-order valence-corrected chi connectivity index (χ3v) is 3.90. The molecule has 142 valence electrons. The summed E-state index contributed by atoms with van der Waals surface area (Å²) < 4.78 is 42.2. The van der Waals surface area contributed by atoms with E-state index < -0.39 is 12.1 Å². The normalized spacial score (nSPS) is 11.4. The SMILES string of the molecule is O=C(c1ccc(Br)cc1)c1ccc(OCC=CCNC(=O)C(F)(F)F)cc1. The van der Waals surface area contributed by atoms with E-state index in [2.05, 4.69) is 15.9 Å². The first-order valence-corrected chi connectivity index (χ1v) is 8.60. The zero-order valence-electron chi connectivity index (χ0n) is 13.9. The van der Waals surface area contributed by atoms with Crippen molar-refractivity contribution < 1.29 is 27.5 Å². The molecule has 1 N–H and O–H groups in total. The van der Waals surface area contributed by atoms with Crippen LogP contribution in [-0.2, 0) is 4.79 Å². The van der Waals surface area contributed by atoms with Crippen molar-refractivity contribution in [2.45, 2.75) is 6.18 Å². The molecular weight excluding hydrogens is 427 g/mol. The Labute approximate surface area is 162 Å². The van der Waals surface area contributed by atoms with E-state index in [0.717, 1.165) is 4.47 Å². The van der Waals surface area contributed by atoms with Gasteiger partial charge in [0.05, 0.1) is 0 Å². The van der Waals surface area contributed by atoms with Gasteiger partial charge in [0.2, 0.25) is 0 Å². The van der Waals surface area contributed by atoms with E-state index in [1.807, 2.05) is 0 Å². The van der Waals surface area contributed by atoms with E-state index in [0.29, 0.717) is 16.9 Å². The summed E-state index contributed by atoms with van der Waals surface area (Å²) in [6.45, 7) is -0.135. The zero-order valence-corrected chi connectivity index (χ0v) is 15.5. The Morgan fingerprint density at radius 3 is 2.07 bits per heavy atom. The van der Waals surface area contributed by atoms with Crippen molar-refractivity contribution in [3.63, 3.8) is 0 Å². The smallest absolute Gasteiger partial charge is 0.471 e. The lowest BCUT2D eigenvalue weighted by molar-refractivity contribution is -0.173. The number of hydrogen-bond donors (Lipinski definition) is 1. The molecule has 0 aliphatic carbocycles. The number of rotatable bonds is 7. The molecule has 0 saturated heterocycles. The van der Waals surface area contributed by atoms with Crippen LogP contribution in [0.2, 0.25) is 0 Å². The quantitative estimate of drug-likeness (QED) is 0.514. The maximum atomic E-state index is 12.3. The van der Waals surface area contributed by atoms with Gasteiger partial charge >= 0.3 is 12.1 Å². The van der Waals surface area contributed by atoms with E-state index >= 15 is 0 Å². The number of halogens is 4. The summed E-state index contributed by atoms with van der Waals surface area (Å²) in [4.78, 5) is 22.9. The molecule has 0 atom stereocenters. The number of ketones is 1. The van der Waals surface area contributed by atoms with Crippen LogP contribution in [0.25, 0.3) is 0 Å². The highest BCUT2D eigenvalue weighted by Gasteiger charge is 2.37. The van der Waals surface area contributed by atoms with Crippen LogP contribution < -0.4 is 10.1 Å². The minimum Gasteiger partial charge on any atom is -0.490 e. The van der Waals surface area contributed by atoms with Gasteiger partial charge in [-0.15, -0.1) is 0 Å². The number of carbonyl (C=O) groups is 2. The molecule has 0 aliphatic heterocycles. The third-order valence-electron chi connectivity index (χ3n) is 3.37. The van der Waals surface area contributed by atoms with Crippen molar-refractivity contribution >= 4 is 27.6 Å². The number of carbonyl (C=O) groups excluding carboxylic acids is 2. The highest BCUT2D eigenvalue weighted by atomic mass is 79.9. The topological polar surface area (TPSA) is 55.4 Å². The van der Waals surface area contributed by atoms with Crippen LogP contribution in [-0.4, -0.2) is 31.0 Å². The molecule has 2 aromatic rings. The molecule has 27 heavy (non-hydrogen) atoms. The lowest BCUT2D eigenvalue weighted by Gasteiger charge is -2.06. The average Bonchev–Trinajstić information content (AvgIpc) is 2.64. The van der Waals surface area contributed by atoms with Gasteiger partial charge < -0.3 is 10.1 Å². The van der Waals surface area contributed by atoms with Crippen LogP contribution in [0.5, 0.6) is 5.75 Å². The van der Waals surface area contributed by atoms with Gasteiger partial charge in [0.1, 0.15) is 12.4 Å². The summed E-state index contributed by atoms with van der Waals surface area (Å²) in [5.41, 5.74) is 1.07. The van der Waals surface area contributed by atoms with E-state index in [9.17, 15) is 22.8 Å². The number of hydrogen-bond acceptors (Lipinski definition) is 3. The number of ether oxygens (including phenoxy) is 1. The number of nitrogens with one attached hydrogen (secondary N) is 1. The Morgan fingerprint density at radius 1 is 0.963 bits per heavy atom. The maximum Gasteiger partial charge on any atom is 0.471 e. The summed E-state index contributed by atoms with van der Waals surface area (Å²) in [6, 6.07) is 13.5. The van der Waals surface area contributed by atoms with Crippen LogP contribution in [0, 0.1) is 0 Å². The summed E-state index contributed by atoms with van der Waals surface area (Å²) in [6.07, 6.45) is -2.05. The first kappa shape index (κ1) is 20.7. The van der Waals surface area contributed by atoms with E-state index in [1.165, 1.54) is 12.2 Å². The minimum absolute atomic E-state index is 0.113.